The molecule has 0 amide bonds. The third kappa shape index (κ3) is 4.26. The fourth-order valence-corrected chi connectivity index (χ4v) is 2.31. The average molecular weight is 286 g/mol. The fraction of sp³-hybridized carbons (Fsp3) is 0.769. The van der Waals surface area contributed by atoms with Crippen molar-refractivity contribution >= 4 is 24.8 Å². The maximum absolute atomic E-state index is 11.2. The molecule has 1 heterocycles. The van der Waals surface area contributed by atoms with Crippen molar-refractivity contribution in [1.29, 1.82) is 0 Å². The van der Waals surface area contributed by atoms with Gasteiger partial charge in [-0.15, -0.1) is 11.8 Å². The Morgan fingerprint density at radius 3 is 2.32 bits per heavy atom. The van der Waals surface area contributed by atoms with E-state index in [2.05, 4.69) is 4.74 Å². The smallest absolute Gasteiger partial charge is 0.468 e. The summed E-state index contributed by atoms with van der Waals surface area (Å²) >= 11 is 1.52. The summed E-state index contributed by atoms with van der Waals surface area (Å²) in [6.45, 7) is 9.92. The Kier molecular flexibility index (Phi) is 5.53. The average Bonchev–Trinajstić information content (AvgIpc) is 2.52. The second kappa shape index (κ2) is 6.33. The van der Waals surface area contributed by atoms with Gasteiger partial charge in [0.2, 0.25) is 0 Å². The van der Waals surface area contributed by atoms with Crippen LogP contribution in [0.2, 0.25) is 0 Å². The number of ether oxygens (including phenoxy) is 1. The van der Waals surface area contributed by atoms with Gasteiger partial charge in [-0.25, -0.2) is 0 Å². The number of rotatable bonds is 5. The van der Waals surface area contributed by atoms with E-state index in [1.54, 1.807) is 0 Å². The van der Waals surface area contributed by atoms with Gasteiger partial charge in [0.25, 0.3) is 0 Å². The summed E-state index contributed by atoms with van der Waals surface area (Å²) in [5.74, 6) is 2.42. The Hall–Kier alpha value is -0.455. The number of methoxy groups -OCH3 is 1. The van der Waals surface area contributed by atoms with Crippen LogP contribution in [0.4, 0.5) is 0 Å². The minimum atomic E-state index is -0.320. The van der Waals surface area contributed by atoms with Crippen LogP contribution in [0, 0.1) is 0 Å². The molecule has 4 nitrogen and oxygen atoms in total. The summed E-state index contributed by atoms with van der Waals surface area (Å²) in [5.41, 5.74) is -0.622. The van der Waals surface area contributed by atoms with Crippen molar-refractivity contribution in [3.63, 3.8) is 0 Å². The molecule has 0 aromatic heterocycles. The summed E-state index contributed by atoms with van der Waals surface area (Å²) in [7, 11) is 1.08. The van der Waals surface area contributed by atoms with Crippen molar-refractivity contribution < 1.29 is 18.8 Å². The minimum absolute atomic E-state index is 0.159. The molecule has 0 radical (unpaired) electrons. The van der Waals surface area contributed by atoms with Crippen LogP contribution in [0.5, 0.6) is 0 Å². The first-order chi connectivity index (χ1) is 8.69. The van der Waals surface area contributed by atoms with Crippen molar-refractivity contribution in [3.8, 4) is 0 Å². The highest BCUT2D eigenvalue weighted by atomic mass is 32.2. The van der Waals surface area contributed by atoms with Crippen molar-refractivity contribution in [1.82, 2.24) is 0 Å². The first kappa shape index (κ1) is 16.6. The molecule has 1 aliphatic heterocycles. The molecule has 0 aromatic carbocycles. The summed E-state index contributed by atoms with van der Waals surface area (Å²) in [6, 6.07) is 0. The number of esters is 1. The summed E-state index contributed by atoms with van der Waals surface area (Å²) in [6.07, 6.45) is 1.96. The molecule has 1 saturated heterocycles. The topological polar surface area (TPSA) is 44.8 Å². The van der Waals surface area contributed by atoms with Crippen LogP contribution in [0.15, 0.2) is 12.1 Å². The predicted molar refractivity (Wildman–Crippen MR) is 79.2 cm³/mol. The molecule has 1 rings (SSSR count). The number of carbonyl (C=O) groups is 1. The molecule has 6 heteroatoms. The van der Waals surface area contributed by atoms with Crippen LogP contribution >= 0.6 is 11.8 Å². The molecular formula is C13H23BO4S. The zero-order valence-corrected chi connectivity index (χ0v) is 13.4. The van der Waals surface area contributed by atoms with E-state index in [0.29, 0.717) is 0 Å². The Morgan fingerprint density at radius 1 is 1.32 bits per heavy atom. The second-order valence-corrected chi connectivity index (χ2v) is 6.93. The van der Waals surface area contributed by atoms with Crippen LogP contribution in [0.1, 0.15) is 34.6 Å². The maximum Gasteiger partial charge on any atom is 0.486 e. The van der Waals surface area contributed by atoms with Gasteiger partial charge in [-0.3, -0.25) is 4.79 Å². The van der Waals surface area contributed by atoms with E-state index < -0.39 is 0 Å². The Balaban J connectivity index is 2.38. The van der Waals surface area contributed by atoms with E-state index in [-0.39, 0.29) is 29.5 Å². The highest BCUT2D eigenvalue weighted by Crippen LogP contribution is 2.36. The van der Waals surface area contributed by atoms with E-state index in [0.717, 1.165) is 5.75 Å². The van der Waals surface area contributed by atoms with Crippen molar-refractivity contribution in [2.75, 3.05) is 12.9 Å². The molecule has 0 aliphatic carbocycles. The molecule has 108 valence electrons. The zero-order chi connectivity index (χ0) is 14.7. The molecule has 1 atom stereocenters. The van der Waals surface area contributed by atoms with Crippen LogP contribution in [-0.2, 0) is 18.8 Å². The lowest BCUT2D eigenvalue weighted by Crippen LogP contribution is -2.41. The summed E-state index contributed by atoms with van der Waals surface area (Å²) in [4.78, 5) is 11.2. The molecule has 0 saturated carbocycles. The molecular weight excluding hydrogens is 263 g/mol. The Labute approximate surface area is 120 Å². The Bertz CT molecular complexity index is 339. The predicted octanol–water partition coefficient (Wildman–Crippen LogP) is 2.47. The SMILES string of the molecule is COC(=O)C(C)SC/C=C/B1OC(C)(C)C(C)(C)O1. The lowest BCUT2D eigenvalue weighted by molar-refractivity contribution is -0.139. The molecule has 0 spiro atoms. The monoisotopic (exact) mass is 286 g/mol. The standard InChI is InChI=1S/C13H23BO4S/c1-10(11(15)16-6)19-9-7-8-14-17-12(2,3)13(4,5)18-14/h7-8,10H,9H2,1-6H3/b8-7+. The normalized spacial score (nSPS) is 22.7. The molecule has 0 N–H and O–H groups in total. The van der Waals surface area contributed by atoms with Crippen LogP contribution in [0.3, 0.4) is 0 Å². The number of hydrogen-bond donors (Lipinski definition) is 0. The quantitative estimate of drug-likeness (QED) is 0.574. The van der Waals surface area contributed by atoms with Gasteiger partial charge < -0.3 is 14.0 Å². The molecule has 1 fully saturated rings. The van der Waals surface area contributed by atoms with Gasteiger partial charge >= 0.3 is 13.1 Å². The maximum atomic E-state index is 11.2. The first-order valence-corrected chi connectivity index (χ1v) is 7.46. The molecule has 0 bridgehead atoms. The minimum Gasteiger partial charge on any atom is -0.468 e. The van der Waals surface area contributed by atoms with Gasteiger partial charge in [-0.05, 0) is 34.6 Å². The summed E-state index contributed by atoms with van der Waals surface area (Å²) < 4.78 is 16.3. The van der Waals surface area contributed by atoms with Gasteiger partial charge in [-0.1, -0.05) is 12.1 Å². The molecule has 19 heavy (non-hydrogen) atoms. The number of carbonyl (C=O) groups excluding carboxylic acids is 1. The third-order valence-electron chi connectivity index (χ3n) is 3.54. The summed E-state index contributed by atoms with van der Waals surface area (Å²) in [5, 5.41) is -0.159. The molecule has 0 aromatic rings. The van der Waals surface area contributed by atoms with E-state index in [9.17, 15) is 4.79 Å². The largest absolute Gasteiger partial charge is 0.486 e. The second-order valence-electron chi connectivity index (χ2n) is 5.55. The van der Waals surface area contributed by atoms with E-state index in [1.807, 2.05) is 46.7 Å². The highest BCUT2D eigenvalue weighted by Gasteiger charge is 2.49. The number of thioether (sulfide) groups is 1. The van der Waals surface area contributed by atoms with Crippen LogP contribution in [0.25, 0.3) is 0 Å². The van der Waals surface area contributed by atoms with E-state index in [1.165, 1.54) is 18.9 Å². The van der Waals surface area contributed by atoms with Gasteiger partial charge in [0, 0.05) is 5.75 Å². The Morgan fingerprint density at radius 2 is 1.84 bits per heavy atom. The van der Waals surface area contributed by atoms with Gasteiger partial charge in [0.05, 0.1) is 23.6 Å². The van der Waals surface area contributed by atoms with E-state index >= 15 is 0 Å². The third-order valence-corrected chi connectivity index (χ3v) is 4.62. The van der Waals surface area contributed by atoms with Crippen molar-refractivity contribution in [2.45, 2.75) is 51.1 Å². The fourth-order valence-electron chi connectivity index (χ4n) is 1.57. The van der Waals surface area contributed by atoms with Gasteiger partial charge in [0.1, 0.15) is 0 Å². The van der Waals surface area contributed by atoms with Gasteiger partial charge in [0.15, 0.2) is 0 Å². The van der Waals surface area contributed by atoms with Crippen LogP contribution in [-0.4, -0.2) is 42.4 Å². The van der Waals surface area contributed by atoms with Crippen molar-refractivity contribution in [3.05, 3.63) is 12.1 Å². The molecule has 1 aliphatic rings. The zero-order valence-electron chi connectivity index (χ0n) is 12.6. The number of hydrogen-bond acceptors (Lipinski definition) is 5. The van der Waals surface area contributed by atoms with Crippen LogP contribution < -0.4 is 0 Å². The van der Waals surface area contributed by atoms with E-state index in [4.69, 9.17) is 9.31 Å². The lowest BCUT2D eigenvalue weighted by atomic mass is 9.90. The lowest BCUT2D eigenvalue weighted by Gasteiger charge is -2.32. The highest BCUT2D eigenvalue weighted by molar-refractivity contribution is 8.00. The molecule has 1 unspecified atom stereocenters. The van der Waals surface area contributed by atoms with Crippen molar-refractivity contribution in [2.24, 2.45) is 0 Å². The first-order valence-electron chi connectivity index (χ1n) is 6.41. The van der Waals surface area contributed by atoms with Gasteiger partial charge in [-0.2, -0.15) is 0 Å².